The summed E-state index contributed by atoms with van der Waals surface area (Å²) in [6, 6.07) is 19.3. The highest BCUT2D eigenvalue weighted by molar-refractivity contribution is 6.06. The first-order valence-corrected chi connectivity index (χ1v) is 9.68. The van der Waals surface area contributed by atoms with Gasteiger partial charge >= 0.3 is 0 Å². The molecule has 0 aliphatic rings. The van der Waals surface area contributed by atoms with E-state index >= 15 is 0 Å². The summed E-state index contributed by atoms with van der Waals surface area (Å²) in [5, 5.41) is 3.21. The molecule has 1 amide bonds. The Morgan fingerprint density at radius 2 is 1.68 bits per heavy atom. The number of hydrogen-bond acceptors (Lipinski definition) is 5. The summed E-state index contributed by atoms with van der Waals surface area (Å²) in [7, 11) is 3.02. The molecule has 0 radical (unpaired) electrons. The predicted octanol–water partition coefficient (Wildman–Crippen LogP) is 5.04. The second-order valence-corrected chi connectivity index (χ2v) is 7.02. The van der Waals surface area contributed by atoms with Crippen molar-refractivity contribution in [3.8, 4) is 22.6 Å². The summed E-state index contributed by atoms with van der Waals surface area (Å²) in [5.74, 6) is 0.591. The van der Waals surface area contributed by atoms with Gasteiger partial charge in [-0.25, -0.2) is 0 Å². The van der Waals surface area contributed by atoms with Crippen LogP contribution in [0.15, 0.2) is 75.9 Å². The van der Waals surface area contributed by atoms with E-state index in [4.69, 9.17) is 13.9 Å². The minimum Gasteiger partial charge on any atom is -0.493 e. The van der Waals surface area contributed by atoms with E-state index < -0.39 is 5.91 Å². The SMILES string of the molecule is COc1ccc(C(=O)Nc2oc3ccccc3c(=O)c2-c2cccc(C)c2)cc1OC. The van der Waals surface area contributed by atoms with E-state index in [1.54, 1.807) is 42.5 Å². The van der Waals surface area contributed by atoms with Gasteiger partial charge < -0.3 is 13.9 Å². The fraction of sp³-hybridized carbons (Fsp3) is 0.120. The maximum Gasteiger partial charge on any atom is 0.258 e. The van der Waals surface area contributed by atoms with Gasteiger partial charge in [0.15, 0.2) is 11.5 Å². The molecule has 0 aliphatic carbocycles. The third-order valence-electron chi connectivity index (χ3n) is 4.98. The molecule has 0 fully saturated rings. The number of anilines is 1. The van der Waals surface area contributed by atoms with Gasteiger partial charge in [0.25, 0.3) is 5.91 Å². The molecule has 4 rings (SSSR count). The van der Waals surface area contributed by atoms with Gasteiger partial charge in [-0.05, 0) is 42.8 Å². The minimum atomic E-state index is -0.437. The van der Waals surface area contributed by atoms with Crippen LogP contribution >= 0.6 is 0 Å². The molecule has 0 atom stereocenters. The molecule has 0 bridgehead atoms. The number of methoxy groups -OCH3 is 2. The minimum absolute atomic E-state index is 0.0917. The maximum absolute atomic E-state index is 13.3. The summed E-state index contributed by atoms with van der Waals surface area (Å²) in [4.78, 5) is 26.3. The van der Waals surface area contributed by atoms with Crippen LogP contribution in [0.1, 0.15) is 15.9 Å². The summed E-state index contributed by atoms with van der Waals surface area (Å²) in [6.45, 7) is 1.94. The van der Waals surface area contributed by atoms with Crippen LogP contribution in [0.25, 0.3) is 22.1 Å². The highest BCUT2D eigenvalue weighted by Gasteiger charge is 2.20. The van der Waals surface area contributed by atoms with Gasteiger partial charge in [0.2, 0.25) is 11.3 Å². The van der Waals surface area contributed by atoms with Crippen molar-refractivity contribution in [2.45, 2.75) is 6.92 Å². The first-order chi connectivity index (χ1) is 15.0. The maximum atomic E-state index is 13.3. The van der Waals surface area contributed by atoms with Gasteiger partial charge in [0.05, 0.1) is 25.2 Å². The number of rotatable bonds is 5. The lowest BCUT2D eigenvalue weighted by molar-refractivity contribution is 0.102. The molecule has 0 saturated carbocycles. The Kier molecular flexibility index (Phi) is 5.45. The molecule has 0 unspecified atom stereocenters. The van der Waals surface area contributed by atoms with Crippen LogP contribution in [-0.2, 0) is 0 Å². The van der Waals surface area contributed by atoms with E-state index in [2.05, 4.69) is 5.32 Å². The first-order valence-electron chi connectivity index (χ1n) is 9.68. The molecule has 156 valence electrons. The lowest BCUT2D eigenvalue weighted by Crippen LogP contribution is -2.16. The fourth-order valence-corrected chi connectivity index (χ4v) is 3.45. The molecule has 1 N–H and O–H groups in total. The largest absolute Gasteiger partial charge is 0.493 e. The molecular weight excluding hydrogens is 394 g/mol. The number of aryl methyl sites for hydroxylation is 1. The highest BCUT2D eigenvalue weighted by atomic mass is 16.5. The summed E-state index contributed by atoms with van der Waals surface area (Å²) in [5.41, 5.74) is 2.48. The predicted molar refractivity (Wildman–Crippen MR) is 120 cm³/mol. The van der Waals surface area contributed by atoms with Gasteiger partial charge in [-0.15, -0.1) is 0 Å². The molecule has 0 spiro atoms. The van der Waals surface area contributed by atoms with Crippen LogP contribution < -0.4 is 20.2 Å². The van der Waals surface area contributed by atoms with E-state index in [0.29, 0.717) is 39.2 Å². The van der Waals surface area contributed by atoms with Gasteiger partial charge in [-0.1, -0.05) is 42.0 Å². The zero-order valence-corrected chi connectivity index (χ0v) is 17.4. The van der Waals surface area contributed by atoms with Crippen molar-refractivity contribution in [3.05, 3.63) is 88.1 Å². The van der Waals surface area contributed by atoms with Gasteiger partial charge in [-0.3, -0.25) is 14.9 Å². The number of nitrogens with one attached hydrogen (secondary N) is 1. The fourth-order valence-electron chi connectivity index (χ4n) is 3.45. The van der Waals surface area contributed by atoms with E-state index in [1.807, 2.05) is 31.2 Å². The van der Waals surface area contributed by atoms with Crippen molar-refractivity contribution in [1.82, 2.24) is 0 Å². The van der Waals surface area contributed by atoms with Gasteiger partial charge in [0, 0.05) is 5.56 Å². The van der Waals surface area contributed by atoms with Crippen LogP contribution in [-0.4, -0.2) is 20.1 Å². The van der Waals surface area contributed by atoms with Gasteiger partial charge in [0.1, 0.15) is 5.58 Å². The number of amides is 1. The number of ether oxygens (including phenoxy) is 2. The van der Waals surface area contributed by atoms with Crippen molar-refractivity contribution in [1.29, 1.82) is 0 Å². The van der Waals surface area contributed by atoms with Crippen molar-refractivity contribution < 1.29 is 18.7 Å². The number of benzene rings is 3. The monoisotopic (exact) mass is 415 g/mol. The summed E-state index contributed by atoms with van der Waals surface area (Å²) in [6.07, 6.45) is 0. The van der Waals surface area contributed by atoms with E-state index in [9.17, 15) is 9.59 Å². The molecule has 1 heterocycles. The van der Waals surface area contributed by atoms with Gasteiger partial charge in [-0.2, -0.15) is 0 Å². The zero-order chi connectivity index (χ0) is 22.0. The van der Waals surface area contributed by atoms with E-state index in [0.717, 1.165) is 5.56 Å². The first kappa shape index (κ1) is 20.2. The topological polar surface area (TPSA) is 77.8 Å². The summed E-state index contributed by atoms with van der Waals surface area (Å²) >= 11 is 0. The Bertz CT molecular complexity index is 1340. The molecule has 6 heteroatoms. The van der Waals surface area contributed by atoms with Crippen molar-refractivity contribution in [2.24, 2.45) is 0 Å². The second-order valence-electron chi connectivity index (χ2n) is 7.02. The number of carbonyl (C=O) groups excluding carboxylic acids is 1. The average Bonchev–Trinajstić information content (AvgIpc) is 2.78. The highest BCUT2D eigenvalue weighted by Crippen LogP contribution is 2.31. The number of hydrogen-bond donors (Lipinski definition) is 1. The Morgan fingerprint density at radius 3 is 2.42 bits per heavy atom. The molecule has 1 aromatic heterocycles. The number of fused-ring (bicyclic) bond motifs is 1. The van der Waals surface area contributed by atoms with Crippen LogP contribution in [0.5, 0.6) is 11.5 Å². The quantitative estimate of drug-likeness (QED) is 0.494. The number of carbonyl (C=O) groups is 1. The molecule has 4 aromatic rings. The Morgan fingerprint density at radius 1 is 0.903 bits per heavy atom. The van der Waals surface area contributed by atoms with E-state index in [1.165, 1.54) is 14.2 Å². The standard InChI is InChI=1S/C25H21NO5/c1-15-7-6-8-16(13-15)22-23(27)18-9-4-5-10-19(18)31-25(22)26-24(28)17-11-12-20(29-2)21(14-17)30-3/h4-14H,1-3H3,(H,26,28). The van der Waals surface area contributed by atoms with E-state index in [-0.39, 0.29) is 11.3 Å². The Balaban J connectivity index is 1.84. The molecule has 0 aliphatic heterocycles. The molecular formula is C25H21NO5. The average molecular weight is 415 g/mol. The summed E-state index contributed by atoms with van der Waals surface area (Å²) < 4.78 is 16.5. The Labute approximate surface area is 179 Å². The zero-order valence-electron chi connectivity index (χ0n) is 17.4. The van der Waals surface area contributed by atoms with Crippen molar-refractivity contribution in [2.75, 3.05) is 19.5 Å². The third kappa shape index (κ3) is 3.88. The van der Waals surface area contributed by atoms with Crippen LogP contribution in [0.4, 0.5) is 5.88 Å². The lowest BCUT2D eigenvalue weighted by Gasteiger charge is -2.13. The molecule has 3 aromatic carbocycles. The smallest absolute Gasteiger partial charge is 0.258 e. The lowest BCUT2D eigenvalue weighted by atomic mass is 10.0. The van der Waals surface area contributed by atoms with Crippen LogP contribution in [0.3, 0.4) is 0 Å². The Hall–Kier alpha value is -4.06. The molecule has 0 saturated heterocycles. The van der Waals surface area contributed by atoms with Crippen molar-refractivity contribution in [3.63, 3.8) is 0 Å². The number of para-hydroxylation sites is 1. The second kappa shape index (κ2) is 8.36. The molecule has 6 nitrogen and oxygen atoms in total. The van der Waals surface area contributed by atoms with Crippen LogP contribution in [0, 0.1) is 6.92 Å². The third-order valence-corrected chi connectivity index (χ3v) is 4.98. The van der Waals surface area contributed by atoms with Crippen molar-refractivity contribution >= 4 is 22.8 Å². The van der Waals surface area contributed by atoms with Crippen LogP contribution in [0.2, 0.25) is 0 Å². The molecule has 31 heavy (non-hydrogen) atoms. The normalized spacial score (nSPS) is 10.7.